The normalized spacial score (nSPS) is 11.0. The topological polar surface area (TPSA) is 93.8 Å². The molecule has 4 aromatic rings. The Morgan fingerprint density at radius 1 is 1.08 bits per heavy atom. The molecule has 8 heteroatoms. The van der Waals surface area contributed by atoms with E-state index in [0.717, 1.165) is 21.3 Å². The van der Waals surface area contributed by atoms with E-state index in [2.05, 4.69) is 20.3 Å². The maximum absolute atomic E-state index is 11.4. The van der Waals surface area contributed by atoms with Crippen LogP contribution >= 0.6 is 22.9 Å². The molecular weight excluding hydrogens is 346 g/mol. The molecule has 1 amide bonds. The molecule has 0 saturated heterocycles. The van der Waals surface area contributed by atoms with Crippen LogP contribution in [-0.4, -0.2) is 20.9 Å². The Hall–Kier alpha value is -2.77. The molecule has 3 N–H and O–H groups in total. The zero-order chi connectivity index (χ0) is 16.7. The summed E-state index contributed by atoms with van der Waals surface area (Å²) in [4.78, 5) is 24.3. The van der Waals surface area contributed by atoms with Gasteiger partial charge in [-0.25, -0.2) is 15.0 Å². The van der Waals surface area contributed by atoms with Crippen molar-refractivity contribution < 1.29 is 4.79 Å². The van der Waals surface area contributed by atoms with E-state index in [-0.39, 0.29) is 5.01 Å². The largest absolute Gasteiger partial charge is 0.364 e. The number of fused-ring (bicyclic) bond motifs is 3. The van der Waals surface area contributed by atoms with Crippen LogP contribution in [0, 0.1) is 0 Å². The summed E-state index contributed by atoms with van der Waals surface area (Å²) in [6.45, 7) is 0. The number of aromatic nitrogens is 3. The predicted molar refractivity (Wildman–Crippen MR) is 96.0 cm³/mol. The molecule has 0 aliphatic rings. The lowest BCUT2D eigenvalue weighted by atomic mass is 10.2. The second-order valence-electron chi connectivity index (χ2n) is 5.05. The van der Waals surface area contributed by atoms with Crippen molar-refractivity contribution in [3.8, 4) is 0 Å². The van der Waals surface area contributed by atoms with E-state index in [0.29, 0.717) is 16.4 Å². The Balaban J connectivity index is 1.92. The summed E-state index contributed by atoms with van der Waals surface area (Å²) in [7, 11) is 0. The number of amides is 1. The third kappa shape index (κ3) is 2.53. The van der Waals surface area contributed by atoms with E-state index in [4.69, 9.17) is 17.3 Å². The van der Waals surface area contributed by atoms with Crippen LogP contribution in [0.25, 0.3) is 21.1 Å². The van der Waals surface area contributed by atoms with Crippen LogP contribution in [0.1, 0.15) is 9.80 Å². The number of halogens is 1. The zero-order valence-electron chi connectivity index (χ0n) is 12.2. The van der Waals surface area contributed by atoms with Gasteiger partial charge in [-0.05, 0) is 36.4 Å². The first-order chi connectivity index (χ1) is 11.6. The summed E-state index contributed by atoms with van der Waals surface area (Å²) in [6, 6.07) is 11.0. The molecule has 0 fully saturated rings. The van der Waals surface area contributed by atoms with Crippen LogP contribution in [0.15, 0.2) is 42.7 Å². The number of nitrogens with zero attached hydrogens (tertiary/aromatic N) is 3. The lowest BCUT2D eigenvalue weighted by Crippen LogP contribution is -2.09. The Morgan fingerprint density at radius 3 is 2.58 bits per heavy atom. The minimum Gasteiger partial charge on any atom is -0.364 e. The number of thiazole rings is 1. The van der Waals surface area contributed by atoms with Crippen LogP contribution in [-0.2, 0) is 0 Å². The highest BCUT2D eigenvalue weighted by Crippen LogP contribution is 2.34. The second-order valence-corrected chi connectivity index (χ2v) is 6.48. The van der Waals surface area contributed by atoms with E-state index in [1.807, 2.05) is 24.3 Å². The van der Waals surface area contributed by atoms with Crippen molar-refractivity contribution >= 4 is 61.5 Å². The molecule has 0 radical (unpaired) electrons. The summed E-state index contributed by atoms with van der Waals surface area (Å²) in [5, 5.41) is 4.98. The van der Waals surface area contributed by atoms with Crippen molar-refractivity contribution in [3.05, 3.63) is 52.8 Å². The Kier molecular flexibility index (Phi) is 3.51. The first-order valence-electron chi connectivity index (χ1n) is 6.98. The average molecular weight is 356 g/mol. The Morgan fingerprint density at radius 2 is 1.83 bits per heavy atom. The monoisotopic (exact) mass is 355 g/mol. The first-order valence-corrected chi connectivity index (χ1v) is 8.18. The number of nitrogens with two attached hydrogens (primary N) is 1. The van der Waals surface area contributed by atoms with Gasteiger partial charge in [-0.15, -0.1) is 11.3 Å². The van der Waals surface area contributed by atoms with Crippen LogP contribution in [0.5, 0.6) is 0 Å². The number of nitrogens with one attached hydrogen (secondary N) is 1. The van der Waals surface area contributed by atoms with Gasteiger partial charge in [-0.2, -0.15) is 0 Å². The average Bonchev–Trinajstić information content (AvgIpc) is 3.02. The van der Waals surface area contributed by atoms with Crippen molar-refractivity contribution in [1.82, 2.24) is 15.0 Å². The highest BCUT2D eigenvalue weighted by molar-refractivity contribution is 7.21. The molecule has 2 aromatic carbocycles. The molecule has 0 spiro atoms. The van der Waals surface area contributed by atoms with Crippen LogP contribution in [0.4, 0.5) is 11.5 Å². The molecular formula is C16H10ClN5OS. The Labute approximate surface area is 145 Å². The van der Waals surface area contributed by atoms with E-state index in [1.165, 1.54) is 17.7 Å². The predicted octanol–water partition coefficient (Wildman–Crippen LogP) is 3.74. The second kappa shape index (κ2) is 5.70. The maximum atomic E-state index is 11.4. The Bertz CT molecular complexity index is 1080. The highest BCUT2D eigenvalue weighted by Gasteiger charge is 2.15. The molecule has 118 valence electrons. The molecule has 0 atom stereocenters. The van der Waals surface area contributed by atoms with Gasteiger partial charge in [0.25, 0.3) is 5.91 Å². The molecule has 0 aliphatic carbocycles. The SMILES string of the molecule is NC(=O)c1nc2ccc3ncnc(Nc4ccc(Cl)cc4)c3c2s1. The van der Waals surface area contributed by atoms with E-state index >= 15 is 0 Å². The fourth-order valence-electron chi connectivity index (χ4n) is 2.40. The summed E-state index contributed by atoms with van der Waals surface area (Å²) < 4.78 is 0.818. The highest BCUT2D eigenvalue weighted by atomic mass is 35.5. The molecule has 4 rings (SSSR count). The fraction of sp³-hybridized carbons (Fsp3) is 0. The van der Waals surface area contributed by atoms with Crippen LogP contribution < -0.4 is 11.1 Å². The summed E-state index contributed by atoms with van der Waals surface area (Å²) >= 11 is 7.15. The van der Waals surface area contributed by atoms with Gasteiger partial charge in [-0.1, -0.05) is 11.6 Å². The van der Waals surface area contributed by atoms with Gasteiger partial charge in [0.15, 0.2) is 5.01 Å². The van der Waals surface area contributed by atoms with Gasteiger partial charge >= 0.3 is 0 Å². The number of carbonyl (C=O) groups excluding carboxylic acids is 1. The van der Waals surface area contributed by atoms with Crippen molar-refractivity contribution in [2.45, 2.75) is 0 Å². The molecule has 24 heavy (non-hydrogen) atoms. The summed E-state index contributed by atoms with van der Waals surface area (Å²) in [5.74, 6) is 0.0843. The van der Waals surface area contributed by atoms with Gasteiger partial charge in [0.2, 0.25) is 0 Å². The van der Waals surface area contributed by atoms with Crippen molar-refractivity contribution in [2.75, 3.05) is 5.32 Å². The van der Waals surface area contributed by atoms with Crippen molar-refractivity contribution in [3.63, 3.8) is 0 Å². The van der Waals surface area contributed by atoms with Crippen molar-refractivity contribution in [1.29, 1.82) is 0 Å². The molecule has 0 bridgehead atoms. The van der Waals surface area contributed by atoms with E-state index in [9.17, 15) is 4.79 Å². The summed E-state index contributed by atoms with van der Waals surface area (Å²) in [5.41, 5.74) is 7.64. The molecule has 0 unspecified atom stereocenters. The smallest absolute Gasteiger partial charge is 0.277 e. The number of carbonyl (C=O) groups is 1. The van der Waals surface area contributed by atoms with E-state index in [1.54, 1.807) is 12.1 Å². The molecule has 2 aromatic heterocycles. The van der Waals surface area contributed by atoms with Crippen molar-refractivity contribution in [2.24, 2.45) is 5.73 Å². The number of hydrogen-bond donors (Lipinski definition) is 2. The van der Waals surface area contributed by atoms with Crippen LogP contribution in [0.2, 0.25) is 5.02 Å². The van der Waals surface area contributed by atoms with Gasteiger partial charge in [0.1, 0.15) is 12.1 Å². The molecule has 2 heterocycles. The molecule has 0 saturated carbocycles. The minimum atomic E-state index is -0.548. The first kappa shape index (κ1) is 14.8. The quantitative estimate of drug-likeness (QED) is 0.584. The molecule has 6 nitrogen and oxygen atoms in total. The standard InChI is InChI=1S/C16H10ClN5OS/c17-8-1-3-9(4-2-8)21-15-12-10(19-7-20-15)5-6-11-13(12)24-16(22-11)14(18)23/h1-7H,(H2,18,23)(H,19,20,21). The number of primary amides is 1. The van der Waals surface area contributed by atoms with Gasteiger partial charge in [0, 0.05) is 10.7 Å². The fourth-order valence-corrected chi connectivity index (χ4v) is 3.49. The lowest BCUT2D eigenvalue weighted by molar-refractivity contribution is 0.1000. The van der Waals surface area contributed by atoms with Crippen LogP contribution in [0.3, 0.4) is 0 Å². The minimum absolute atomic E-state index is 0.263. The van der Waals surface area contributed by atoms with Gasteiger partial charge in [0.05, 0.1) is 21.1 Å². The summed E-state index contributed by atoms with van der Waals surface area (Å²) in [6.07, 6.45) is 1.49. The zero-order valence-corrected chi connectivity index (χ0v) is 13.7. The third-order valence-electron chi connectivity index (χ3n) is 3.47. The van der Waals surface area contributed by atoms with E-state index < -0.39 is 5.91 Å². The number of rotatable bonds is 3. The number of benzene rings is 2. The van der Waals surface area contributed by atoms with Gasteiger partial charge in [-0.3, -0.25) is 4.79 Å². The number of anilines is 2. The van der Waals surface area contributed by atoms with Gasteiger partial charge < -0.3 is 11.1 Å². The maximum Gasteiger partial charge on any atom is 0.277 e. The number of hydrogen-bond acceptors (Lipinski definition) is 6. The lowest BCUT2D eigenvalue weighted by Gasteiger charge is -2.08. The molecule has 0 aliphatic heterocycles. The third-order valence-corrected chi connectivity index (χ3v) is 4.83.